The topological polar surface area (TPSA) is 50.6 Å². The predicted molar refractivity (Wildman–Crippen MR) is 85.3 cm³/mol. The monoisotopic (exact) mass is 320 g/mol. The third-order valence-corrected chi connectivity index (χ3v) is 4.60. The molecule has 0 atom stereocenters. The molecular weight excluding hydrogens is 300 g/mol. The Morgan fingerprint density at radius 2 is 2.14 bits per heavy atom. The zero-order chi connectivity index (χ0) is 15.5. The molecule has 0 N–H and O–H groups in total. The lowest BCUT2D eigenvalue weighted by Crippen LogP contribution is -2.48. The van der Waals surface area contributed by atoms with E-state index in [0.29, 0.717) is 11.4 Å². The first-order valence-corrected chi connectivity index (χ1v) is 8.22. The summed E-state index contributed by atoms with van der Waals surface area (Å²) in [4.78, 5) is 16.9. The Kier molecular flexibility index (Phi) is 4.44. The highest BCUT2D eigenvalue weighted by Gasteiger charge is 2.26. The maximum Gasteiger partial charge on any atom is 0.261 e. The first kappa shape index (κ1) is 15.1. The van der Waals surface area contributed by atoms with Crippen LogP contribution in [-0.2, 0) is 13.6 Å². The van der Waals surface area contributed by atoms with E-state index in [-0.39, 0.29) is 5.91 Å². The Morgan fingerprint density at radius 3 is 2.77 bits per heavy atom. The van der Waals surface area contributed by atoms with Gasteiger partial charge in [-0.05, 0) is 22.4 Å². The molecule has 0 saturated carbocycles. The smallest absolute Gasteiger partial charge is 0.261 e. The number of hydrogen-bond donors (Lipinski definition) is 0. The van der Waals surface area contributed by atoms with E-state index in [2.05, 4.69) is 26.8 Å². The van der Waals surface area contributed by atoms with Crippen molar-refractivity contribution in [3.63, 3.8) is 0 Å². The van der Waals surface area contributed by atoms with Crippen molar-refractivity contribution < 1.29 is 9.53 Å². The van der Waals surface area contributed by atoms with Crippen LogP contribution in [0, 0.1) is 0 Å². The fourth-order valence-corrected chi connectivity index (χ4v) is 3.35. The van der Waals surface area contributed by atoms with Gasteiger partial charge in [0.15, 0.2) is 0 Å². The minimum atomic E-state index is 0.000123. The summed E-state index contributed by atoms with van der Waals surface area (Å²) in [7, 11) is 3.33. The summed E-state index contributed by atoms with van der Waals surface area (Å²) in [6.07, 6.45) is 1.72. The summed E-state index contributed by atoms with van der Waals surface area (Å²) in [5.41, 5.74) is 1.88. The average Bonchev–Trinajstić information content (AvgIpc) is 3.16. The number of carbonyl (C=O) groups is 1. The molecule has 1 saturated heterocycles. The first-order chi connectivity index (χ1) is 10.7. The number of hydrogen-bond acceptors (Lipinski definition) is 5. The summed E-state index contributed by atoms with van der Waals surface area (Å²) in [5.74, 6) is 0.397. The molecule has 22 heavy (non-hydrogen) atoms. The summed E-state index contributed by atoms with van der Waals surface area (Å²) < 4.78 is 6.79. The van der Waals surface area contributed by atoms with E-state index in [0.717, 1.165) is 32.7 Å². The van der Waals surface area contributed by atoms with Gasteiger partial charge in [-0.2, -0.15) is 11.3 Å². The van der Waals surface area contributed by atoms with E-state index in [1.165, 1.54) is 12.7 Å². The van der Waals surface area contributed by atoms with Gasteiger partial charge in [-0.3, -0.25) is 14.4 Å². The molecule has 2 aromatic rings. The van der Waals surface area contributed by atoms with Crippen molar-refractivity contribution in [2.24, 2.45) is 7.05 Å². The molecule has 2 aromatic heterocycles. The number of aryl methyl sites for hydroxylation is 1. The van der Waals surface area contributed by atoms with Gasteiger partial charge in [-0.25, -0.2) is 0 Å². The zero-order valence-corrected chi connectivity index (χ0v) is 13.7. The fraction of sp³-hybridized carbons (Fsp3) is 0.467. The summed E-state index contributed by atoms with van der Waals surface area (Å²) in [5, 5.41) is 8.43. The van der Waals surface area contributed by atoms with E-state index in [9.17, 15) is 4.79 Å². The Bertz CT molecular complexity index is 630. The lowest BCUT2D eigenvalue weighted by Gasteiger charge is -2.34. The lowest BCUT2D eigenvalue weighted by molar-refractivity contribution is 0.0625. The lowest BCUT2D eigenvalue weighted by atomic mass is 10.2. The Morgan fingerprint density at radius 1 is 1.36 bits per heavy atom. The molecule has 1 fully saturated rings. The molecule has 7 heteroatoms. The molecule has 0 unspecified atom stereocenters. The van der Waals surface area contributed by atoms with Gasteiger partial charge in [-0.1, -0.05) is 0 Å². The van der Waals surface area contributed by atoms with Crippen LogP contribution in [0.2, 0.25) is 0 Å². The number of amides is 1. The minimum absolute atomic E-state index is 0.000123. The third kappa shape index (κ3) is 3.15. The molecule has 3 heterocycles. The molecule has 1 amide bonds. The van der Waals surface area contributed by atoms with E-state index < -0.39 is 0 Å². The molecule has 0 radical (unpaired) electrons. The molecule has 0 bridgehead atoms. The van der Waals surface area contributed by atoms with Gasteiger partial charge in [0.2, 0.25) is 5.88 Å². The molecule has 0 aromatic carbocycles. The van der Waals surface area contributed by atoms with Crippen LogP contribution in [0.15, 0.2) is 23.0 Å². The Labute approximate surface area is 133 Å². The minimum Gasteiger partial charge on any atom is -0.479 e. The summed E-state index contributed by atoms with van der Waals surface area (Å²) >= 11 is 1.72. The molecule has 3 rings (SSSR count). The number of thiophene rings is 1. The highest BCUT2D eigenvalue weighted by molar-refractivity contribution is 7.07. The van der Waals surface area contributed by atoms with Crippen molar-refractivity contribution >= 4 is 17.2 Å². The number of rotatable bonds is 4. The van der Waals surface area contributed by atoms with Gasteiger partial charge in [0, 0.05) is 46.0 Å². The van der Waals surface area contributed by atoms with E-state index in [4.69, 9.17) is 4.74 Å². The van der Waals surface area contributed by atoms with Crippen LogP contribution >= 0.6 is 11.3 Å². The molecule has 6 nitrogen and oxygen atoms in total. The molecule has 0 spiro atoms. The number of piperazine rings is 1. The summed E-state index contributed by atoms with van der Waals surface area (Å²) in [6, 6.07) is 2.16. The Balaban J connectivity index is 1.59. The van der Waals surface area contributed by atoms with Gasteiger partial charge < -0.3 is 9.64 Å². The highest BCUT2D eigenvalue weighted by atomic mass is 32.1. The second kappa shape index (κ2) is 6.50. The van der Waals surface area contributed by atoms with E-state index in [1.54, 1.807) is 29.3 Å². The van der Waals surface area contributed by atoms with Crippen LogP contribution in [0.4, 0.5) is 0 Å². The Hall–Kier alpha value is -1.86. The van der Waals surface area contributed by atoms with Crippen molar-refractivity contribution in [1.29, 1.82) is 0 Å². The molecule has 118 valence electrons. The third-order valence-electron chi connectivity index (χ3n) is 3.86. The predicted octanol–water partition coefficient (Wildman–Crippen LogP) is 1.45. The van der Waals surface area contributed by atoms with Crippen LogP contribution in [0.5, 0.6) is 5.88 Å². The maximum absolute atomic E-state index is 12.6. The normalized spacial score (nSPS) is 16.0. The average molecular weight is 320 g/mol. The number of carbonyl (C=O) groups excluding carboxylic acids is 1. The molecule has 1 aliphatic heterocycles. The van der Waals surface area contributed by atoms with Gasteiger partial charge >= 0.3 is 0 Å². The second-order valence-electron chi connectivity index (χ2n) is 5.43. The van der Waals surface area contributed by atoms with Crippen LogP contribution in [0.25, 0.3) is 0 Å². The molecule has 0 aliphatic carbocycles. The number of methoxy groups -OCH3 is 1. The summed E-state index contributed by atoms with van der Waals surface area (Å²) in [6.45, 7) is 4.22. The quantitative estimate of drug-likeness (QED) is 0.855. The van der Waals surface area contributed by atoms with Crippen LogP contribution in [0.1, 0.15) is 15.9 Å². The van der Waals surface area contributed by atoms with Crippen molar-refractivity contribution in [2.45, 2.75) is 6.54 Å². The number of nitrogens with zero attached hydrogens (tertiary/aromatic N) is 4. The fourth-order valence-electron chi connectivity index (χ4n) is 2.69. The first-order valence-electron chi connectivity index (χ1n) is 7.27. The van der Waals surface area contributed by atoms with E-state index in [1.807, 2.05) is 4.90 Å². The van der Waals surface area contributed by atoms with Crippen molar-refractivity contribution in [2.75, 3.05) is 33.3 Å². The maximum atomic E-state index is 12.6. The molecular formula is C15H20N4O2S. The van der Waals surface area contributed by atoms with Crippen molar-refractivity contribution in [3.8, 4) is 5.88 Å². The SMILES string of the molecule is COc1nn(C)cc1C(=O)N1CCN(Cc2ccsc2)CC1. The van der Waals surface area contributed by atoms with Gasteiger partial charge in [0.25, 0.3) is 5.91 Å². The van der Waals surface area contributed by atoms with Gasteiger partial charge in [0.05, 0.1) is 7.11 Å². The largest absolute Gasteiger partial charge is 0.479 e. The number of ether oxygens (including phenoxy) is 1. The van der Waals surface area contributed by atoms with Crippen LogP contribution in [-0.4, -0.2) is 58.8 Å². The van der Waals surface area contributed by atoms with Gasteiger partial charge in [0.1, 0.15) is 5.56 Å². The van der Waals surface area contributed by atoms with Crippen molar-refractivity contribution in [1.82, 2.24) is 19.6 Å². The van der Waals surface area contributed by atoms with Gasteiger partial charge in [-0.15, -0.1) is 5.10 Å². The highest BCUT2D eigenvalue weighted by Crippen LogP contribution is 2.19. The van der Waals surface area contributed by atoms with Crippen molar-refractivity contribution in [3.05, 3.63) is 34.2 Å². The zero-order valence-electron chi connectivity index (χ0n) is 12.9. The van der Waals surface area contributed by atoms with Crippen LogP contribution in [0.3, 0.4) is 0 Å². The van der Waals surface area contributed by atoms with Crippen LogP contribution < -0.4 is 4.74 Å². The van der Waals surface area contributed by atoms with E-state index >= 15 is 0 Å². The number of aromatic nitrogens is 2. The second-order valence-corrected chi connectivity index (χ2v) is 6.21. The standard InChI is InChI=1S/C15H20N4O2S/c1-17-10-13(14(16-17)21-2)15(20)19-6-4-18(5-7-19)9-12-3-8-22-11-12/h3,8,10-11H,4-7,9H2,1-2H3. The molecule has 1 aliphatic rings.